The number of halogens is 1. The van der Waals surface area contributed by atoms with E-state index >= 15 is 0 Å². The molecule has 0 saturated carbocycles. The topological polar surface area (TPSA) is 64.1 Å². The first kappa shape index (κ1) is 19.4. The number of fused-ring (bicyclic) bond motifs is 1. The fourth-order valence-corrected chi connectivity index (χ4v) is 5.07. The molecule has 0 spiro atoms. The van der Waals surface area contributed by atoms with E-state index in [-0.39, 0.29) is 18.4 Å². The lowest BCUT2D eigenvalue weighted by molar-refractivity contribution is -0.137. The maximum atomic E-state index is 13.3. The number of carbonyl (C=O) groups is 2. The summed E-state index contributed by atoms with van der Waals surface area (Å²) in [6.07, 6.45) is 5.93. The smallest absolute Gasteiger partial charge is 0.324 e. The lowest BCUT2D eigenvalue weighted by Crippen LogP contribution is -2.47. The van der Waals surface area contributed by atoms with Crippen LogP contribution in [0.2, 0.25) is 5.02 Å². The second-order valence-corrected chi connectivity index (χ2v) is 8.60. The maximum absolute atomic E-state index is 13.3. The molecule has 1 atom stereocenters. The van der Waals surface area contributed by atoms with Gasteiger partial charge < -0.3 is 14.9 Å². The number of rotatable bonds is 4. The number of urea groups is 1. The Morgan fingerprint density at radius 3 is 2.64 bits per heavy atom. The van der Waals surface area contributed by atoms with E-state index in [9.17, 15) is 9.59 Å². The third-order valence-electron chi connectivity index (χ3n) is 6.29. The monoisotopic (exact) mass is 405 g/mol. The molecular weight excluding hydrogens is 378 g/mol. The molecule has 1 N–H and O–H groups in total. The van der Waals surface area contributed by atoms with Crippen molar-refractivity contribution in [1.82, 2.24) is 4.90 Å². The van der Waals surface area contributed by atoms with Crippen molar-refractivity contribution in [2.75, 3.05) is 42.5 Å². The van der Waals surface area contributed by atoms with Crippen LogP contribution in [0.1, 0.15) is 44.1 Å². The van der Waals surface area contributed by atoms with E-state index in [0.29, 0.717) is 19.5 Å². The van der Waals surface area contributed by atoms with Crippen molar-refractivity contribution >= 4 is 35.0 Å². The van der Waals surface area contributed by atoms with Gasteiger partial charge in [-0.3, -0.25) is 9.69 Å². The SMILES string of the molecule is O=C(O)CCC1CCCN(C(=O)N2CCc3c(Cl)cc(N4CCCC4)cc32)C1. The molecular formula is C21H28ClN3O3. The molecule has 0 aliphatic carbocycles. The Kier molecular flexibility index (Phi) is 5.67. The number of carboxylic acids is 1. The number of likely N-dealkylation sites (tertiary alicyclic amines) is 1. The highest BCUT2D eigenvalue weighted by molar-refractivity contribution is 6.32. The van der Waals surface area contributed by atoms with Crippen LogP contribution in [-0.4, -0.2) is 54.7 Å². The minimum absolute atomic E-state index is 0.0356. The van der Waals surface area contributed by atoms with Gasteiger partial charge in [0.05, 0.1) is 5.69 Å². The van der Waals surface area contributed by atoms with Gasteiger partial charge in [0, 0.05) is 49.9 Å². The molecule has 0 radical (unpaired) electrons. The summed E-state index contributed by atoms with van der Waals surface area (Å²) in [6.45, 7) is 4.14. The van der Waals surface area contributed by atoms with Crippen LogP contribution in [0.15, 0.2) is 12.1 Å². The van der Waals surface area contributed by atoms with E-state index in [0.717, 1.165) is 60.9 Å². The molecule has 0 aromatic heterocycles. The highest BCUT2D eigenvalue weighted by Gasteiger charge is 2.33. The summed E-state index contributed by atoms with van der Waals surface area (Å²) in [6, 6.07) is 4.21. The van der Waals surface area contributed by atoms with Crippen molar-refractivity contribution < 1.29 is 14.7 Å². The molecule has 6 nitrogen and oxygen atoms in total. The largest absolute Gasteiger partial charge is 0.481 e. The Balaban J connectivity index is 1.50. The molecule has 2 amide bonds. The van der Waals surface area contributed by atoms with Gasteiger partial charge in [-0.2, -0.15) is 0 Å². The molecule has 0 bridgehead atoms. The average molecular weight is 406 g/mol. The summed E-state index contributed by atoms with van der Waals surface area (Å²) in [5, 5.41) is 9.69. The van der Waals surface area contributed by atoms with Crippen LogP contribution in [0.5, 0.6) is 0 Å². The van der Waals surface area contributed by atoms with Crippen LogP contribution in [-0.2, 0) is 11.2 Å². The van der Waals surface area contributed by atoms with Gasteiger partial charge in [-0.1, -0.05) is 11.6 Å². The third-order valence-corrected chi connectivity index (χ3v) is 6.63. The molecule has 1 aromatic carbocycles. The number of carbonyl (C=O) groups excluding carboxylic acids is 1. The Hall–Kier alpha value is -1.95. The first-order valence-corrected chi connectivity index (χ1v) is 10.8. The van der Waals surface area contributed by atoms with Gasteiger partial charge in [0.15, 0.2) is 0 Å². The van der Waals surface area contributed by atoms with Crippen molar-refractivity contribution in [2.24, 2.45) is 5.92 Å². The highest BCUT2D eigenvalue weighted by Crippen LogP contribution is 2.39. The second kappa shape index (κ2) is 8.19. The van der Waals surface area contributed by atoms with Crippen molar-refractivity contribution in [2.45, 2.75) is 44.9 Å². The third kappa shape index (κ3) is 3.93. The predicted octanol–water partition coefficient (Wildman–Crippen LogP) is 4.00. The van der Waals surface area contributed by atoms with Crippen molar-refractivity contribution in [3.05, 3.63) is 22.7 Å². The quantitative estimate of drug-likeness (QED) is 0.822. The number of hydrogen-bond acceptors (Lipinski definition) is 3. The molecule has 3 heterocycles. The molecule has 7 heteroatoms. The molecule has 2 saturated heterocycles. The van der Waals surface area contributed by atoms with Crippen LogP contribution in [0.3, 0.4) is 0 Å². The fourth-order valence-electron chi connectivity index (χ4n) is 4.77. The highest BCUT2D eigenvalue weighted by atomic mass is 35.5. The first-order chi connectivity index (χ1) is 13.5. The lowest BCUT2D eigenvalue weighted by atomic mass is 9.93. The van der Waals surface area contributed by atoms with E-state index in [1.165, 1.54) is 12.8 Å². The van der Waals surface area contributed by atoms with E-state index in [2.05, 4.69) is 11.0 Å². The number of anilines is 2. The number of aliphatic carboxylic acids is 1. The summed E-state index contributed by atoms with van der Waals surface area (Å²) < 4.78 is 0. The average Bonchev–Trinajstić information content (AvgIpc) is 3.36. The van der Waals surface area contributed by atoms with Gasteiger partial charge in [-0.15, -0.1) is 0 Å². The summed E-state index contributed by atoms with van der Waals surface area (Å²) in [5.41, 5.74) is 3.13. The maximum Gasteiger partial charge on any atom is 0.324 e. The number of nitrogens with zero attached hydrogens (tertiary/aromatic N) is 3. The minimum atomic E-state index is -0.763. The number of carboxylic acid groups (broad SMARTS) is 1. The van der Waals surface area contributed by atoms with Gasteiger partial charge in [-0.25, -0.2) is 4.79 Å². The predicted molar refractivity (Wildman–Crippen MR) is 111 cm³/mol. The van der Waals surface area contributed by atoms with Crippen LogP contribution >= 0.6 is 11.6 Å². The van der Waals surface area contributed by atoms with Gasteiger partial charge >= 0.3 is 12.0 Å². The Morgan fingerprint density at radius 1 is 1.11 bits per heavy atom. The fraction of sp³-hybridized carbons (Fsp3) is 0.619. The van der Waals surface area contributed by atoms with Gasteiger partial charge in [0.2, 0.25) is 0 Å². The number of amides is 2. The molecule has 3 aliphatic rings. The van der Waals surface area contributed by atoms with E-state index in [1.54, 1.807) is 0 Å². The molecule has 1 aromatic rings. The Labute approximate surface area is 171 Å². The Bertz CT molecular complexity index is 764. The zero-order chi connectivity index (χ0) is 19.7. The summed E-state index contributed by atoms with van der Waals surface area (Å²) in [7, 11) is 0. The standard InChI is InChI=1S/C21H28ClN3O3/c22-18-12-16(23-8-1-2-9-23)13-19-17(18)7-11-25(19)21(28)24-10-3-4-15(14-24)5-6-20(26)27/h12-13,15H,1-11,14H2,(H,26,27). The van der Waals surface area contributed by atoms with Gasteiger partial charge in [-0.05, 0) is 62.1 Å². The summed E-state index contributed by atoms with van der Waals surface area (Å²) >= 11 is 6.57. The van der Waals surface area contributed by atoms with Gasteiger partial charge in [0.25, 0.3) is 0 Å². The normalized spacial score (nSPS) is 21.9. The van der Waals surface area contributed by atoms with Crippen LogP contribution in [0, 0.1) is 5.92 Å². The van der Waals surface area contributed by atoms with E-state index < -0.39 is 5.97 Å². The zero-order valence-electron chi connectivity index (χ0n) is 16.2. The lowest BCUT2D eigenvalue weighted by Gasteiger charge is -2.35. The number of hydrogen-bond donors (Lipinski definition) is 1. The van der Waals surface area contributed by atoms with Crippen molar-refractivity contribution in [3.63, 3.8) is 0 Å². The molecule has 28 heavy (non-hydrogen) atoms. The Morgan fingerprint density at radius 2 is 1.89 bits per heavy atom. The van der Waals surface area contributed by atoms with E-state index in [4.69, 9.17) is 16.7 Å². The van der Waals surface area contributed by atoms with E-state index in [1.807, 2.05) is 15.9 Å². The van der Waals surface area contributed by atoms with Crippen LogP contribution < -0.4 is 9.80 Å². The number of benzene rings is 1. The summed E-state index contributed by atoms with van der Waals surface area (Å²) in [5.74, 6) is -0.489. The minimum Gasteiger partial charge on any atom is -0.481 e. The summed E-state index contributed by atoms with van der Waals surface area (Å²) in [4.78, 5) is 30.3. The number of piperidine rings is 1. The zero-order valence-corrected chi connectivity index (χ0v) is 17.0. The first-order valence-electron chi connectivity index (χ1n) is 10.4. The molecule has 3 aliphatic heterocycles. The van der Waals surface area contributed by atoms with Crippen LogP contribution in [0.4, 0.5) is 16.2 Å². The van der Waals surface area contributed by atoms with Crippen molar-refractivity contribution in [1.29, 1.82) is 0 Å². The molecule has 2 fully saturated rings. The molecule has 152 valence electrons. The molecule has 1 unspecified atom stereocenters. The van der Waals surface area contributed by atoms with Gasteiger partial charge in [0.1, 0.15) is 0 Å². The van der Waals surface area contributed by atoms with Crippen molar-refractivity contribution in [3.8, 4) is 0 Å². The second-order valence-electron chi connectivity index (χ2n) is 8.19. The molecule has 4 rings (SSSR count). The van der Waals surface area contributed by atoms with Crippen LogP contribution in [0.25, 0.3) is 0 Å².